The van der Waals surface area contributed by atoms with E-state index in [1.54, 1.807) is 0 Å². The van der Waals surface area contributed by atoms with Gasteiger partial charge >= 0.3 is 5.97 Å². The highest BCUT2D eigenvalue weighted by Crippen LogP contribution is 2.60. The fraction of sp³-hybridized carbons (Fsp3) is 0.824. The highest BCUT2D eigenvalue weighted by molar-refractivity contribution is 5.68. The third kappa shape index (κ3) is 3.03. The normalized spacial score (nSPS) is 34.6. The van der Waals surface area contributed by atoms with Gasteiger partial charge in [0.1, 0.15) is 0 Å². The predicted octanol–water partition coefficient (Wildman–Crippen LogP) is 3.66. The standard InChI is InChI=1S/C17H25NO4/c19-16(20)10-17(11-18(21)22)9-14-7-13(8-15(14)17)6-12-4-2-1-3-5-12/h8,12,14-15H,1-7,9-11H2,(H,19,20)/t14-,15-,17-/m1/s1. The molecule has 1 N–H and O–H groups in total. The smallest absolute Gasteiger partial charge is 0.304 e. The lowest BCUT2D eigenvalue weighted by molar-refractivity contribution is -0.505. The number of aliphatic carboxylic acids is 1. The number of allylic oxidation sites excluding steroid dienone is 2. The van der Waals surface area contributed by atoms with Gasteiger partial charge in [-0.15, -0.1) is 0 Å². The molecule has 3 rings (SSSR count). The van der Waals surface area contributed by atoms with Crippen LogP contribution in [0.25, 0.3) is 0 Å². The molecule has 0 aromatic heterocycles. The molecule has 0 amide bonds. The van der Waals surface area contributed by atoms with Crippen molar-refractivity contribution in [2.75, 3.05) is 6.54 Å². The quantitative estimate of drug-likeness (QED) is 0.461. The summed E-state index contributed by atoms with van der Waals surface area (Å²) in [5.74, 6) is 0.446. The zero-order valence-electron chi connectivity index (χ0n) is 13.0. The van der Waals surface area contributed by atoms with Crippen LogP contribution < -0.4 is 0 Å². The molecule has 5 heteroatoms. The molecule has 0 bridgehead atoms. The fourth-order valence-corrected chi connectivity index (χ4v) is 5.18. The van der Waals surface area contributed by atoms with Crippen LogP contribution in [-0.4, -0.2) is 22.5 Å². The molecule has 0 aliphatic heterocycles. The molecule has 0 saturated heterocycles. The van der Waals surface area contributed by atoms with E-state index in [0.717, 1.165) is 18.8 Å². The summed E-state index contributed by atoms with van der Waals surface area (Å²) in [6.45, 7) is -0.201. The predicted molar refractivity (Wildman–Crippen MR) is 82.0 cm³/mol. The third-order valence-corrected chi connectivity index (χ3v) is 6.05. The van der Waals surface area contributed by atoms with Gasteiger partial charge in [-0.2, -0.15) is 0 Å². The number of nitrogens with zero attached hydrogens (tertiary/aromatic N) is 1. The average molecular weight is 307 g/mol. The molecule has 5 nitrogen and oxygen atoms in total. The first-order chi connectivity index (χ1) is 10.5. The Morgan fingerprint density at radius 2 is 2.09 bits per heavy atom. The van der Waals surface area contributed by atoms with Gasteiger partial charge in [-0.25, -0.2) is 0 Å². The summed E-state index contributed by atoms with van der Waals surface area (Å²) >= 11 is 0. The SMILES string of the molecule is O=C(O)C[C@@]1(C[N+](=O)[O-])C[C@H]2CC(CC3CCCCC3)=C[C@H]21. The molecule has 0 radical (unpaired) electrons. The molecule has 3 aliphatic carbocycles. The van der Waals surface area contributed by atoms with Crippen LogP contribution in [0.1, 0.15) is 57.8 Å². The molecule has 2 saturated carbocycles. The Kier molecular flexibility index (Phi) is 4.24. The van der Waals surface area contributed by atoms with E-state index in [4.69, 9.17) is 5.11 Å². The van der Waals surface area contributed by atoms with Gasteiger partial charge in [0.05, 0.1) is 11.8 Å². The lowest BCUT2D eigenvalue weighted by Crippen LogP contribution is -2.50. The van der Waals surface area contributed by atoms with Crippen molar-refractivity contribution >= 4 is 5.97 Å². The molecule has 0 aromatic carbocycles. The van der Waals surface area contributed by atoms with Crippen LogP contribution >= 0.6 is 0 Å². The minimum atomic E-state index is -0.908. The lowest BCUT2D eigenvalue weighted by atomic mass is 9.53. The summed E-state index contributed by atoms with van der Waals surface area (Å²) in [5, 5.41) is 20.1. The van der Waals surface area contributed by atoms with Gasteiger partial charge in [-0.1, -0.05) is 43.8 Å². The number of rotatable bonds is 6. The Bertz CT molecular complexity index is 477. The molecular formula is C17H25NO4. The molecular weight excluding hydrogens is 282 g/mol. The van der Waals surface area contributed by atoms with Crippen LogP contribution in [-0.2, 0) is 4.79 Å². The molecule has 2 fully saturated rings. The van der Waals surface area contributed by atoms with E-state index in [2.05, 4.69) is 6.08 Å². The molecule has 3 aliphatic rings. The Hall–Kier alpha value is -1.39. The van der Waals surface area contributed by atoms with Crippen molar-refractivity contribution in [2.45, 2.75) is 57.8 Å². The van der Waals surface area contributed by atoms with E-state index in [9.17, 15) is 14.9 Å². The number of fused-ring (bicyclic) bond motifs is 1. The fourth-order valence-electron chi connectivity index (χ4n) is 5.18. The van der Waals surface area contributed by atoms with Crippen LogP contribution in [0.4, 0.5) is 0 Å². The molecule has 3 atom stereocenters. The van der Waals surface area contributed by atoms with Crippen molar-refractivity contribution < 1.29 is 14.8 Å². The number of carbonyl (C=O) groups is 1. The van der Waals surface area contributed by atoms with E-state index in [0.29, 0.717) is 12.3 Å². The van der Waals surface area contributed by atoms with E-state index >= 15 is 0 Å². The Morgan fingerprint density at radius 1 is 1.36 bits per heavy atom. The Morgan fingerprint density at radius 3 is 2.73 bits per heavy atom. The monoisotopic (exact) mass is 307 g/mol. The maximum atomic E-state index is 11.1. The van der Waals surface area contributed by atoms with Crippen LogP contribution in [0, 0.1) is 33.3 Å². The summed E-state index contributed by atoms with van der Waals surface area (Å²) in [4.78, 5) is 21.8. The van der Waals surface area contributed by atoms with Crippen LogP contribution in [0.2, 0.25) is 0 Å². The van der Waals surface area contributed by atoms with E-state index in [-0.39, 0.29) is 23.8 Å². The lowest BCUT2D eigenvalue weighted by Gasteiger charge is -2.48. The molecule has 0 unspecified atom stereocenters. The maximum Gasteiger partial charge on any atom is 0.304 e. The summed E-state index contributed by atoms with van der Waals surface area (Å²) < 4.78 is 0. The molecule has 122 valence electrons. The first kappa shape index (κ1) is 15.5. The summed E-state index contributed by atoms with van der Waals surface area (Å²) in [5.41, 5.74) is 0.812. The van der Waals surface area contributed by atoms with Gasteiger partial charge in [0.2, 0.25) is 6.54 Å². The van der Waals surface area contributed by atoms with Crippen molar-refractivity contribution in [2.24, 2.45) is 23.2 Å². The van der Waals surface area contributed by atoms with E-state index < -0.39 is 11.4 Å². The van der Waals surface area contributed by atoms with Gasteiger partial charge in [0, 0.05) is 4.92 Å². The van der Waals surface area contributed by atoms with Crippen LogP contribution in [0.5, 0.6) is 0 Å². The van der Waals surface area contributed by atoms with Crippen molar-refractivity contribution in [3.05, 3.63) is 21.8 Å². The van der Waals surface area contributed by atoms with E-state index in [1.807, 2.05) is 0 Å². The van der Waals surface area contributed by atoms with Crippen molar-refractivity contribution in [1.29, 1.82) is 0 Å². The topological polar surface area (TPSA) is 80.4 Å². The van der Waals surface area contributed by atoms with Gasteiger partial charge in [0.15, 0.2) is 0 Å². The second kappa shape index (κ2) is 6.01. The number of hydrogen-bond acceptors (Lipinski definition) is 3. The summed E-state index contributed by atoms with van der Waals surface area (Å²) in [6, 6.07) is 0. The van der Waals surface area contributed by atoms with Crippen molar-refractivity contribution in [3.8, 4) is 0 Å². The van der Waals surface area contributed by atoms with Gasteiger partial charge in [-0.05, 0) is 37.0 Å². The van der Waals surface area contributed by atoms with Gasteiger partial charge < -0.3 is 5.11 Å². The summed E-state index contributed by atoms with van der Waals surface area (Å²) in [6.07, 6.45) is 11.7. The number of carboxylic acid groups (broad SMARTS) is 1. The average Bonchev–Trinajstić information content (AvgIpc) is 2.76. The highest BCUT2D eigenvalue weighted by atomic mass is 16.6. The Labute approximate surface area is 130 Å². The molecule has 0 aromatic rings. The zero-order valence-corrected chi connectivity index (χ0v) is 13.0. The van der Waals surface area contributed by atoms with E-state index in [1.165, 1.54) is 37.7 Å². The van der Waals surface area contributed by atoms with Gasteiger partial charge in [0.25, 0.3) is 0 Å². The second-order valence-electron chi connectivity index (χ2n) is 7.65. The van der Waals surface area contributed by atoms with Gasteiger partial charge in [-0.3, -0.25) is 14.9 Å². The largest absolute Gasteiger partial charge is 0.481 e. The molecule has 0 heterocycles. The molecule has 22 heavy (non-hydrogen) atoms. The van der Waals surface area contributed by atoms with Crippen LogP contribution in [0.3, 0.4) is 0 Å². The maximum absolute atomic E-state index is 11.1. The minimum Gasteiger partial charge on any atom is -0.481 e. The van der Waals surface area contributed by atoms with Crippen molar-refractivity contribution in [3.63, 3.8) is 0 Å². The zero-order chi connectivity index (χ0) is 15.7. The Balaban J connectivity index is 1.67. The second-order valence-corrected chi connectivity index (χ2v) is 7.65. The number of hydrogen-bond donors (Lipinski definition) is 1. The number of carboxylic acids is 1. The third-order valence-electron chi connectivity index (χ3n) is 6.05. The molecule has 0 spiro atoms. The number of nitro groups is 1. The first-order valence-electron chi connectivity index (χ1n) is 8.52. The minimum absolute atomic E-state index is 0.0671. The van der Waals surface area contributed by atoms with Crippen LogP contribution in [0.15, 0.2) is 11.6 Å². The first-order valence-corrected chi connectivity index (χ1v) is 8.52. The summed E-state index contributed by atoms with van der Waals surface area (Å²) in [7, 11) is 0. The highest BCUT2D eigenvalue weighted by Gasteiger charge is 2.58. The van der Waals surface area contributed by atoms with Crippen molar-refractivity contribution in [1.82, 2.24) is 0 Å².